The minimum atomic E-state index is -1.12. The van der Waals surface area contributed by atoms with Crippen LogP contribution in [0.2, 0.25) is 0 Å². The zero-order chi connectivity index (χ0) is 15.4. The first-order chi connectivity index (χ1) is 10.0. The van der Waals surface area contributed by atoms with Crippen LogP contribution in [0.1, 0.15) is 15.9 Å². The predicted molar refractivity (Wildman–Crippen MR) is 70.6 cm³/mol. The molecule has 0 saturated heterocycles. The lowest BCUT2D eigenvalue weighted by Crippen LogP contribution is -2.03. The van der Waals surface area contributed by atoms with E-state index in [1.54, 1.807) is 0 Å². The van der Waals surface area contributed by atoms with Gasteiger partial charge in [0.1, 0.15) is 17.9 Å². The molecular weight excluding hydrogens is 282 g/mol. The molecule has 2 aromatic rings. The summed E-state index contributed by atoms with van der Waals surface area (Å²) in [4.78, 5) is 11.0. The average Bonchev–Trinajstić information content (AvgIpc) is 2.48. The van der Waals surface area contributed by atoms with Crippen molar-refractivity contribution in [2.45, 2.75) is 6.61 Å². The van der Waals surface area contributed by atoms with Gasteiger partial charge in [-0.2, -0.15) is 4.39 Å². The molecule has 0 heterocycles. The highest BCUT2D eigenvalue weighted by Crippen LogP contribution is 2.23. The number of carbonyl (C=O) groups is 1. The molecule has 2 rings (SSSR count). The normalized spacial score (nSPS) is 10.2. The fraction of sp³-hybridized carbons (Fsp3) is 0.133. The summed E-state index contributed by atoms with van der Waals surface area (Å²) in [5.74, 6) is -3.21. The van der Waals surface area contributed by atoms with Gasteiger partial charge in [0.05, 0.1) is 7.11 Å². The molecule has 4 nitrogen and oxygen atoms in total. The van der Waals surface area contributed by atoms with Gasteiger partial charge in [-0.05, 0) is 29.8 Å². The molecule has 0 saturated carbocycles. The molecule has 0 radical (unpaired) electrons. The summed E-state index contributed by atoms with van der Waals surface area (Å²) in [7, 11) is 1.35. The minimum absolute atomic E-state index is 0.0122. The lowest BCUT2D eigenvalue weighted by atomic mass is 10.1. The van der Waals surface area contributed by atoms with Crippen molar-refractivity contribution >= 4 is 5.97 Å². The van der Waals surface area contributed by atoms with Crippen LogP contribution in [-0.4, -0.2) is 18.2 Å². The predicted octanol–water partition coefficient (Wildman–Crippen LogP) is 3.25. The summed E-state index contributed by atoms with van der Waals surface area (Å²) in [6, 6.07) is 7.99. The van der Waals surface area contributed by atoms with E-state index in [9.17, 15) is 13.6 Å². The molecule has 0 atom stereocenters. The van der Waals surface area contributed by atoms with Gasteiger partial charge in [-0.1, -0.05) is 12.1 Å². The van der Waals surface area contributed by atoms with Crippen LogP contribution in [0.25, 0.3) is 0 Å². The molecule has 0 spiro atoms. The molecule has 0 aliphatic carbocycles. The summed E-state index contributed by atoms with van der Waals surface area (Å²) in [5.41, 5.74) is 0.582. The Morgan fingerprint density at radius 3 is 2.62 bits per heavy atom. The van der Waals surface area contributed by atoms with Crippen LogP contribution in [-0.2, 0) is 6.61 Å². The van der Waals surface area contributed by atoms with Gasteiger partial charge in [0, 0.05) is 0 Å². The zero-order valence-electron chi connectivity index (χ0n) is 11.1. The summed E-state index contributed by atoms with van der Waals surface area (Å²) >= 11 is 0. The molecule has 0 aromatic heterocycles. The van der Waals surface area contributed by atoms with E-state index >= 15 is 0 Å². The maximum atomic E-state index is 13.4. The number of ether oxygens (including phenoxy) is 2. The van der Waals surface area contributed by atoms with Gasteiger partial charge in [-0.15, -0.1) is 0 Å². The van der Waals surface area contributed by atoms with Crippen molar-refractivity contribution in [3.8, 4) is 11.5 Å². The number of carboxylic acids is 1. The number of halogens is 2. The molecule has 6 heteroatoms. The SMILES string of the molecule is COc1cc(COc2cccc(F)c2F)ccc1C(=O)O. The Labute approximate surface area is 119 Å². The van der Waals surface area contributed by atoms with Gasteiger partial charge in [-0.25, -0.2) is 9.18 Å². The molecule has 2 aromatic carbocycles. The first kappa shape index (κ1) is 14.8. The summed E-state index contributed by atoms with van der Waals surface area (Å²) in [5, 5.41) is 8.96. The van der Waals surface area contributed by atoms with E-state index in [2.05, 4.69) is 0 Å². The molecule has 1 N–H and O–H groups in total. The maximum absolute atomic E-state index is 13.4. The molecule has 110 valence electrons. The summed E-state index contributed by atoms with van der Waals surface area (Å²) in [6.45, 7) is -0.0450. The smallest absolute Gasteiger partial charge is 0.339 e. The standard InChI is InChI=1S/C15H12F2O4/c1-20-13-7-9(5-6-10(13)15(18)19)8-21-12-4-2-3-11(16)14(12)17/h2-7H,8H2,1H3,(H,18,19). The van der Waals surface area contributed by atoms with E-state index in [1.807, 2.05) is 0 Å². The van der Waals surface area contributed by atoms with Crippen LogP contribution in [0, 0.1) is 11.6 Å². The summed E-state index contributed by atoms with van der Waals surface area (Å²) in [6.07, 6.45) is 0. The number of aromatic carboxylic acids is 1. The molecule has 0 fully saturated rings. The zero-order valence-corrected chi connectivity index (χ0v) is 11.1. The molecule has 21 heavy (non-hydrogen) atoms. The van der Waals surface area contributed by atoms with Crippen molar-refractivity contribution in [3.05, 3.63) is 59.2 Å². The second kappa shape index (κ2) is 6.21. The van der Waals surface area contributed by atoms with Gasteiger partial charge in [0.2, 0.25) is 5.82 Å². The first-order valence-corrected chi connectivity index (χ1v) is 6.00. The van der Waals surface area contributed by atoms with Gasteiger partial charge in [-0.3, -0.25) is 0 Å². The number of methoxy groups -OCH3 is 1. The largest absolute Gasteiger partial charge is 0.496 e. The highest BCUT2D eigenvalue weighted by Gasteiger charge is 2.12. The number of hydrogen-bond donors (Lipinski definition) is 1. The highest BCUT2D eigenvalue weighted by molar-refractivity contribution is 5.90. The molecule has 0 unspecified atom stereocenters. The van der Waals surface area contributed by atoms with Crippen LogP contribution in [0.15, 0.2) is 36.4 Å². The molecular formula is C15H12F2O4. The van der Waals surface area contributed by atoms with Crippen molar-refractivity contribution in [1.29, 1.82) is 0 Å². The van der Waals surface area contributed by atoms with E-state index in [4.69, 9.17) is 14.6 Å². The topological polar surface area (TPSA) is 55.8 Å². The second-order valence-electron chi connectivity index (χ2n) is 4.18. The van der Waals surface area contributed by atoms with E-state index in [0.717, 1.165) is 6.07 Å². The van der Waals surface area contributed by atoms with E-state index in [-0.39, 0.29) is 23.7 Å². The lowest BCUT2D eigenvalue weighted by Gasteiger charge is -2.10. The lowest BCUT2D eigenvalue weighted by molar-refractivity contribution is 0.0693. The monoisotopic (exact) mass is 294 g/mol. The third-order valence-corrected chi connectivity index (χ3v) is 2.81. The Kier molecular flexibility index (Phi) is 4.37. The first-order valence-electron chi connectivity index (χ1n) is 6.00. The molecule has 0 amide bonds. The fourth-order valence-corrected chi connectivity index (χ4v) is 1.76. The van der Waals surface area contributed by atoms with E-state index in [1.165, 1.54) is 37.4 Å². The van der Waals surface area contributed by atoms with Gasteiger partial charge in [0.15, 0.2) is 11.6 Å². The highest BCUT2D eigenvalue weighted by atomic mass is 19.2. The van der Waals surface area contributed by atoms with Crippen molar-refractivity contribution < 1.29 is 28.2 Å². The number of hydrogen-bond acceptors (Lipinski definition) is 3. The third kappa shape index (κ3) is 3.28. The van der Waals surface area contributed by atoms with Crippen molar-refractivity contribution in [2.75, 3.05) is 7.11 Å². The second-order valence-corrected chi connectivity index (χ2v) is 4.18. The van der Waals surface area contributed by atoms with Gasteiger partial charge in [0.25, 0.3) is 0 Å². The van der Waals surface area contributed by atoms with Crippen molar-refractivity contribution in [3.63, 3.8) is 0 Å². The average molecular weight is 294 g/mol. The Morgan fingerprint density at radius 1 is 1.19 bits per heavy atom. The van der Waals surface area contributed by atoms with Crippen molar-refractivity contribution in [2.24, 2.45) is 0 Å². The Balaban J connectivity index is 2.17. The molecule has 0 aliphatic rings. The quantitative estimate of drug-likeness (QED) is 0.919. The van der Waals surface area contributed by atoms with Crippen LogP contribution >= 0.6 is 0 Å². The van der Waals surface area contributed by atoms with E-state index in [0.29, 0.717) is 5.56 Å². The van der Waals surface area contributed by atoms with Crippen LogP contribution in [0.4, 0.5) is 8.78 Å². The van der Waals surface area contributed by atoms with Crippen LogP contribution < -0.4 is 9.47 Å². The summed E-state index contributed by atoms with van der Waals surface area (Å²) < 4.78 is 36.6. The molecule has 0 bridgehead atoms. The minimum Gasteiger partial charge on any atom is -0.496 e. The Morgan fingerprint density at radius 2 is 1.95 bits per heavy atom. The third-order valence-electron chi connectivity index (χ3n) is 2.81. The maximum Gasteiger partial charge on any atom is 0.339 e. The van der Waals surface area contributed by atoms with Crippen molar-refractivity contribution in [1.82, 2.24) is 0 Å². The van der Waals surface area contributed by atoms with Crippen LogP contribution in [0.5, 0.6) is 11.5 Å². The molecule has 0 aliphatic heterocycles. The fourth-order valence-electron chi connectivity index (χ4n) is 1.76. The Hall–Kier alpha value is -2.63. The van der Waals surface area contributed by atoms with Crippen LogP contribution in [0.3, 0.4) is 0 Å². The van der Waals surface area contributed by atoms with E-state index < -0.39 is 17.6 Å². The Bertz CT molecular complexity index is 671. The number of carboxylic acid groups (broad SMARTS) is 1. The number of benzene rings is 2. The van der Waals surface area contributed by atoms with Gasteiger partial charge >= 0.3 is 5.97 Å². The van der Waals surface area contributed by atoms with Gasteiger partial charge < -0.3 is 14.6 Å². The number of rotatable bonds is 5.